The minimum absolute atomic E-state index is 0.255. The third-order valence-corrected chi connectivity index (χ3v) is 3.74. The lowest BCUT2D eigenvalue weighted by atomic mass is 10.1. The van der Waals surface area contributed by atoms with E-state index in [9.17, 15) is 0 Å². The maximum absolute atomic E-state index is 5.47. The second-order valence-corrected chi connectivity index (χ2v) is 5.74. The summed E-state index contributed by atoms with van der Waals surface area (Å²) in [5, 5.41) is 3.54. The summed E-state index contributed by atoms with van der Waals surface area (Å²) >= 11 is 3.49. The first-order valence-corrected chi connectivity index (χ1v) is 7.65. The first kappa shape index (κ1) is 14.9. The molecular weight excluding hydrogens is 314 g/mol. The van der Waals surface area contributed by atoms with Crippen molar-refractivity contribution < 1.29 is 4.74 Å². The third kappa shape index (κ3) is 3.76. The van der Waals surface area contributed by atoms with E-state index < -0.39 is 0 Å². The second-order valence-electron chi connectivity index (χ2n) is 4.83. The number of benzene rings is 2. The second kappa shape index (κ2) is 6.80. The average molecular weight is 334 g/mol. The Morgan fingerprint density at radius 2 is 1.85 bits per heavy atom. The van der Waals surface area contributed by atoms with Gasteiger partial charge in [-0.3, -0.25) is 0 Å². The van der Waals surface area contributed by atoms with E-state index in [0.29, 0.717) is 6.61 Å². The molecular formula is C17H20BrNO. The molecule has 0 radical (unpaired) electrons. The Balaban J connectivity index is 2.09. The highest BCUT2D eigenvalue weighted by atomic mass is 79.9. The monoisotopic (exact) mass is 333 g/mol. The molecule has 0 bridgehead atoms. The highest BCUT2D eigenvalue weighted by Crippen LogP contribution is 2.25. The van der Waals surface area contributed by atoms with Gasteiger partial charge in [0.15, 0.2) is 0 Å². The molecule has 106 valence electrons. The van der Waals surface area contributed by atoms with Crippen LogP contribution in [0.25, 0.3) is 0 Å². The summed E-state index contributed by atoms with van der Waals surface area (Å²) in [6.45, 7) is 6.97. The number of rotatable bonds is 5. The predicted octanol–water partition coefficient (Wildman–Crippen LogP) is 5.33. The molecule has 1 atom stereocenters. The standard InChI is InChI=1S/C17H20BrNO/c1-4-20-16-8-5-14(6-9-16)13(3)19-17-10-7-15(18)11-12(17)2/h5-11,13,19H,4H2,1-3H3. The molecule has 0 aliphatic rings. The normalized spacial score (nSPS) is 12.0. The molecule has 0 fully saturated rings. The van der Waals surface area contributed by atoms with Crippen molar-refractivity contribution in [1.82, 2.24) is 0 Å². The van der Waals surface area contributed by atoms with Crippen LogP contribution in [0.15, 0.2) is 46.9 Å². The van der Waals surface area contributed by atoms with Gasteiger partial charge in [0.05, 0.1) is 6.61 Å². The highest BCUT2D eigenvalue weighted by Gasteiger charge is 2.07. The summed E-state index contributed by atoms with van der Waals surface area (Å²) in [5.74, 6) is 0.920. The largest absolute Gasteiger partial charge is 0.494 e. The van der Waals surface area contributed by atoms with Gasteiger partial charge in [-0.1, -0.05) is 28.1 Å². The fraction of sp³-hybridized carbons (Fsp3) is 0.294. The lowest BCUT2D eigenvalue weighted by Gasteiger charge is -2.18. The van der Waals surface area contributed by atoms with Crippen LogP contribution < -0.4 is 10.1 Å². The van der Waals surface area contributed by atoms with Crippen LogP contribution in [0.3, 0.4) is 0 Å². The van der Waals surface area contributed by atoms with E-state index in [1.54, 1.807) is 0 Å². The molecule has 2 nitrogen and oxygen atoms in total. The Kier molecular flexibility index (Phi) is 5.07. The van der Waals surface area contributed by atoms with Gasteiger partial charge >= 0.3 is 0 Å². The van der Waals surface area contributed by atoms with Crippen molar-refractivity contribution in [3.05, 3.63) is 58.1 Å². The van der Waals surface area contributed by atoms with Gasteiger partial charge in [-0.2, -0.15) is 0 Å². The van der Waals surface area contributed by atoms with Crippen LogP contribution in [0.2, 0.25) is 0 Å². The Hall–Kier alpha value is -1.48. The lowest BCUT2D eigenvalue weighted by Crippen LogP contribution is -2.07. The quantitative estimate of drug-likeness (QED) is 0.798. The van der Waals surface area contributed by atoms with Gasteiger partial charge in [0.2, 0.25) is 0 Å². The highest BCUT2D eigenvalue weighted by molar-refractivity contribution is 9.10. The number of nitrogens with one attached hydrogen (secondary N) is 1. The van der Waals surface area contributed by atoms with Gasteiger partial charge < -0.3 is 10.1 Å². The number of aryl methyl sites for hydroxylation is 1. The van der Waals surface area contributed by atoms with Crippen molar-refractivity contribution in [3.8, 4) is 5.75 Å². The van der Waals surface area contributed by atoms with Crippen LogP contribution in [0.4, 0.5) is 5.69 Å². The van der Waals surface area contributed by atoms with Gasteiger partial charge in [0.1, 0.15) is 5.75 Å². The molecule has 0 aliphatic carbocycles. The maximum atomic E-state index is 5.47. The van der Waals surface area contributed by atoms with Crippen molar-refractivity contribution in [2.45, 2.75) is 26.8 Å². The maximum Gasteiger partial charge on any atom is 0.119 e. The number of hydrogen-bond acceptors (Lipinski definition) is 2. The number of halogens is 1. The molecule has 2 aromatic carbocycles. The molecule has 2 rings (SSSR count). The van der Waals surface area contributed by atoms with Crippen LogP contribution in [0.5, 0.6) is 5.75 Å². The van der Waals surface area contributed by atoms with E-state index in [0.717, 1.165) is 15.9 Å². The molecule has 0 saturated heterocycles. The van der Waals surface area contributed by atoms with E-state index >= 15 is 0 Å². The number of ether oxygens (including phenoxy) is 1. The van der Waals surface area contributed by atoms with E-state index in [1.165, 1.54) is 11.1 Å². The van der Waals surface area contributed by atoms with Crippen molar-refractivity contribution in [2.24, 2.45) is 0 Å². The lowest BCUT2D eigenvalue weighted by molar-refractivity contribution is 0.340. The topological polar surface area (TPSA) is 21.3 Å². The molecule has 0 heterocycles. The molecule has 0 saturated carbocycles. The molecule has 0 aromatic heterocycles. The molecule has 1 unspecified atom stereocenters. The first-order valence-electron chi connectivity index (χ1n) is 6.85. The zero-order valence-electron chi connectivity index (χ0n) is 12.1. The zero-order valence-corrected chi connectivity index (χ0v) is 13.7. The van der Waals surface area contributed by atoms with Crippen LogP contribution in [0.1, 0.15) is 31.0 Å². The fourth-order valence-corrected chi connectivity index (χ4v) is 2.60. The summed E-state index contributed by atoms with van der Waals surface area (Å²) in [6.07, 6.45) is 0. The number of hydrogen-bond donors (Lipinski definition) is 1. The summed E-state index contributed by atoms with van der Waals surface area (Å²) in [5.41, 5.74) is 3.64. The van der Waals surface area contributed by atoms with Gasteiger partial charge in [0, 0.05) is 16.2 Å². The summed E-state index contributed by atoms with van der Waals surface area (Å²) in [4.78, 5) is 0. The molecule has 0 spiro atoms. The molecule has 3 heteroatoms. The van der Waals surface area contributed by atoms with Gasteiger partial charge in [-0.25, -0.2) is 0 Å². The fourth-order valence-electron chi connectivity index (χ4n) is 2.13. The summed E-state index contributed by atoms with van der Waals surface area (Å²) in [6, 6.07) is 14.8. The molecule has 20 heavy (non-hydrogen) atoms. The Labute approximate surface area is 129 Å². The first-order chi connectivity index (χ1) is 9.60. The van der Waals surface area contributed by atoms with E-state index in [2.05, 4.69) is 65.4 Å². The third-order valence-electron chi connectivity index (χ3n) is 3.25. The minimum Gasteiger partial charge on any atom is -0.494 e. The number of anilines is 1. The van der Waals surface area contributed by atoms with Crippen molar-refractivity contribution in [1.29, 1.82) is 0 Å². The summed E-state index contributed by atoms with van der Waals surface area (Å²) < 4.78 is 6.57. The van der Waals surface area contributed by atoms with E-state index in [4.69, 9.17) is 4.74 Å². The molecule has 1 N–H and O–H groups in total. The predicted molar refractivity (Wildman–Crippen MR) is 88.5 cm³/mol. The smallest absolute Gasteiger partial charge is 0.119 e. The van der Waals surface area contributed by atoms with Gasteiger partial charge in [-0.15, -0.1) is 0 Å². The van der Waals surface area contributed by atoms with Crippen LogP contribution >= 0.6 is 15.9 Å². The van der Waals surface area contributed by atoms with E-state index in [-0.39, 0.29) is 6.04 Å². The zero-order chi connectivity index (χ0) is 14.5. The van der Waals surface area contributed by atoms with Crippen LogP contribution in [-0.2, 0) is 0 Å². The Morgan fingerprint density at radius 3 is 2.45 bits per heavy atom. The minimum atomic E-state index is 0.255. The van der Waals surface area contributed by atoms with Crippen molar-refractivity contribution >= 4 is 21.6 Å². The van der Waals surface area contributed by atoms with Crippen molar-refractivity contribution in [3.63, 3.8) is 0 Å². The van der Waals surface area contributed by atoms with Crippen LogP contribution in [0, 0.1) is 6.92 Å². The summed E-state index contributed by atoms with van der Waals surface area (Å²) in [7, 11) is 0. The molecule has 2 aromatic rings. The van der Waals surface area contributed by atoms with Crippen molar-refractivity contribution in [2.75, 3.05) is 11.9 Å². The van der Waals surface area contributed by atoms with Crippen LogP contribution in [-0.4, -0.2) is 6.61 Å². The SMILES string of the molecule is CCOc1ccc(C(C)Nc2ccc(Br)cc2C)cc1. The van der Waals surface area contributed by atoms with Gasteiger partial charge in [-0.05, 0) is 62.2 Å². The Bertz CT molecular complexity index is 566. The average Bonchev–Trinajstić information content (AvgIpc) is 2.43. The van der Waals surface area contributed by atoms with Gasteiger partial charge in [0.25, 0.3) is 0 Å². The Morgan fingerprint density at radius 1 is 1.15 bits per heavy atom. The molecule has 0 aliphatic heterocycles. The van der Waals surface area contributed by atoms with E-state index in [1.807, 2.05) is 19.1 Å². The molecule has 0 amide bonds.